The molecule has 0 amide bonds. The molecule has 5 heteroatoms. The Hall–Kier alpha value is -1.23. The van der Waals surface area contributed by atoms with Crippen molar-refractivity contribution in [3.63, 3.8) is 0 Å². The van der Waals surface area contributed by atoms with Gasteiger partial charge in [0.2, 0.25) is 10.0 Å². The molecule has 2 rings (SSSR count). The molecule has 0 saturated heterocycles. The van der Waals surface area contributed by atoms with Crippen LogP contribution in [-0.2, 0) is 10.0 Å². The highest BCUT2D eigenvalue weighted by molar-refractivity contribution is 7.92. The van der Waals surface area contributed by atoms with Crippen molar-refractivity contribution >= 4 is 21.4 Å². The minimum Gasteiger partial charge on any atom is -0.382 e. The van der Waals surface area contributed by atoms with Crippen LogP contribution < -0.4 is 10.0 Å². The lowest BCUT2D eigenvalue weighted by molar-refractivity contribution is 0.602. The van der Waals surface area contributed by atoms with Crippen molar-refractivity contribution in [2.45, 2.75) is 0 Å². The molecule has 0 spiro atoms. The van der Waals surface area contributed by atoms with Crippen molar-refractivity contribution in [1.82, 2.24) is 0 Å². The minimum atomic E-state index is -3.15. The Morgan fingerprint density at radius 2 is 1.85 bits per heavy atom. The molecule has 0 aromatic heterocycles. The van der Waals surface area contributed by atoms with Crippen LogP contribution >= 0.6 is 0 Å². The van der Waals surface area contributed by atoms with Crippen molar-refractivity contribution in [3.8, 4) is 0 Å². The van der Waals surface area contributed by atoms with Crippen LogP contribution in [0.25, 0.3) is 0 Å². The van der Waals surface area contributed by atoms with Gasteiger partial charge in [-0.25, -0.2) is 8.42 Å². The van der Waals surface area contributed by atoms with E-state index in [0.717, 1.165) is 5.69 Å². The van der Waals surface area contributed by atoms with E-state index in [4.69, 9.17) is 0 Å². The average Bonchev–Trinajstić information content (AvgIpc) is 2.21. The van der Waals surface area contributed by atoms with Gasteiger partial charge in [0.25, 0.3) is 0 Å². The number of hydrogen-bond acceptors (Lipinski definition) is 3. The average molecular weight is 198 g/mol. The summed E-state index contributed by atoms with van der Waals surface area (Å²) in [5.74, 6) is 0.113. The number of nitrogens with one attached hydrogen (secondary N) is 2. The van der Waals surface area contributed by atoms with Gasteiger partial charge in [0, 0.05) is 6.54 Å². The van der Waals surface area contributed by atoms with Gasteiger partial charge in [-0.2, -0.15) is 0 Å². The molecule has 13 heavy (non-hydrogen) atoms. The van der Waals surface area contributed by atoms with Crippen LogP contribution in [0.4, 0.5) is 11.4 Å². The molecule has 0 saturated carbocycles. The summed E-state index contributed by atoms with van der Waals surface area (Å²) in [6.07, 6.45) is 0. The summed E-state index contributed by atoms with van der Waals surface area (Å²) >= 11 is 0. The maximum Gasteiger partial charge on any atom is 0.234 e. The van der Waals surface area contributed by atoms with Crippen LogP contribution in [0.5, 0.6) is 0 Å². The molecular weight excluding hydrogens is 188 g/mol. The quantitative estimate of drug-likeness (QED) is 0.650. The molecule has 1 aliphatic heterocycles. The zero-order valence-electron chi connectivity index (χ0n) is 6.95. The number of fused-ring (bicyclic) bond motifs is 1. The highest BCUT2D eigenvalue weighted by atomic mass is 32.2. The van der Waals surface area contributed by atoms with Gasteiger partial charge in [-0.1, -0.05) is 12.1 Å². The SMILES string of the molecule is O=S1(=O)CCNc2ccccc2N1. The van der Waals surface area contributed by atoms with E-state index < -0.39 is 10.0 Å². The Bertz CT molecular complexity index is 414. The molecule has 1 aliphatic rings. The molecule has 70 valence electrons. The van der Waals surface area contributed by atoms with E-state index >= 15 is 0 Å². The maximum atomic E-state index is 11.3. The third-order valence-corrected chi connectivity index (χ3v) is 3.15. The molecule has 1 heterocycles. The van der Waals surface area contributed by atoms with Gasteiger partial charge < -0.3 is 5.32 Å². The van der Waals surface area contributed by atoms with Crippen LogP contribution in [0.2, 0.25) is 0 Å². The minimum absolute atomic E-state index is 0.113. The lowest BCUT2D eigenvalue weighted by Crippen LogP contribution is -2.17. The molecule has 4 nitrogen and oxygen atoms in total. The van der Waals surface area contributed by atoms with Gasteiger partial charge >= 0.3 is 0 Å². The molecule has 0 atom stereocenters. The van der Waals surface area contributed by atoms with E-state index in [1.54, 1.807) is 12.1 Å². The zero-order valence-corrected chi connectivity index (χ0v) is 7.76. The standard InChI is InChI=1S/C8H10N2O2S/c11-13(12)6-5-9-7-3-1-2-4-8(7)10-13/h1-4,9-10H,5-6H2. The summed E-state index contributed by atoms with van der Waals surface area (Å²) in [5.41, 5.74) is 1.46. The van der Waals surface area contributed by atoms with Gasteiger partial charge in [-0.3, -0.25) is 4.72 Å². The van der Waals surface area contributed by atoms with Crippen molar-refractivity contribution in [1.29, 1.82) is 0 Å². The summed E-state index contributed by atoms with van der Waals surface area (Å²) in [7, 11) is -3.15. The smallest absolute Gasteiger partial charge is 0.234 e. The second-order valence-corrected chi connectivity index (χ2v) is 4.74. The van der Waals surface area contributed by atoms with Gasteiger partial charge in [0.05, 0.1) is 17.1 Å². The number of benzene rings is 1. The Balaban J connectivity index is 2.46. The predicted octanol–water partition coefficient (Wildman–Crippen LogP) is 0.854. The zero-order chi connectivity index (χ0) is 9.31. The number of para-hydroxylation sites is 2. The highest BCUT2D eigenvalue weighted by Gasteiger charge is 2.15. The summed E-state index contributed by atoms with van der Waals surface area (Å²) in [4.78, 5) is 0. The number of sulfonamides is 1. The van der Waals surface area contributed by atoms with Crippen molar-refractivity contribution in [3.05, 3.63) is 24.3 Å². The molecule has 0 aliphatic carbocycles. The largest absolute Gasteiger partial charge is 0.382 e. The monoisotopic (exact) mass is 198 g/mol. The number of hydrogen-bond donors (Lipinski definition) is 2. The van der Waals surface area contributed by atoms with E-state index in [-0.39, 0.29) is 5.75 Å². The highest BCUT2D eigenvalue weighted by Crippen LogP contribution is 2.23. The fourth-order valence-corrected chi connectivity index (χ4v) is 2.25. The second kappa shape index (κ2) is 2.92. The first-order chi connectivity index (χ1) is 6.17. The maximum absolute atomic E-state index is 11.3. The lowest BCUT2D eigenvalue weighted by Gasteiger charge is -2.05. The van der Waals surface area contributed by atoms with Crippen LogP contribution in [0, 0.1) is 0 Å². The molecule has 0 fully saturated rings. The first-order valence-electron chi connectivity index (χ1n) is 4.01. The predicted molar refractivity (Wildman–Crippen MR) is 52.3 cm³/mol. The van der Waals surface area contributed by atoms with E-state index in [0.29, 0.717) is 12.2 Å². The Labute approximate surface area is 77.0 Å². The fourth-order valence-electron chi connectivity index (χ4n) is 1.26. The molecule has 1 aromatic carbocycles. The van der Waals surface area contributed by atoms with Gasteiger partial charge in [-0.05, 0) is 12.1 Å². The Kier molecular flexibility index (Phi) is 1.88. The van der Waals surface area contributed by atoms with E-state index in [9.17, 15) is 8.42 Å². The molecule has 0 radical (unpaired) electrons. The van der Waals surface area contributed by atoms with Crippen LogP contribution in [-0.4, -0.2) is 20.7 Å². The normalized spacial score (nSPS) is 19.1. The van der Waals surface area contributed by atoms with Crippen LogP contribution in [0.1, 0.15) is 0 Å². The summed E-state index contributed by atoms with van der Waals surface area (Å²) in [6, 6.07) is 7.26. The topological polar surface area (TPSA) is 58.2 Å². The van der Waals surface area contributed by atoms with Crippen molar-refractivity contribution in [2.24, 2.45) is 0 Å². The van der Waals surface area contributed by atoms with Crippen LogP contribution in [0.3, 0.4) is 0 Å². The van der Waals surface area contributed by atoms with E-state index in [1.807, 2.05) is 12.1 Å². The fraction of sp³-hybridized carbons (Fsp3) is 0.250. The third-order valence-electron chi connectivity index (χ3n) is 1.88. The first-order valence-corrected chi connectivity index (χ1v) is 5.66. The third kappa shape index (κ3) is 1.75. The molecule has 0 bridgehead atoms. The number of rotatable bonds is 0. The van der Waals surface area contributed by atoms with E-state index in [1.165, 1.54) is 0 Å². The van der Waals surface area contributed by atoms with Gasteiger partial charge in [0.15, 0.2) is 0 Å². The summed E-state index contributed by atoms with van der Waals surface area (Å²) in [5, 5.41) is 3.04. The molecule has 2 N–H and O–H groups in total. The van der Waals surface area contributed by atoms with E-state index in [2.05, 4.69) is 10.0 Å². The summed E-state index contributed by atoms with van der Waals surface area (Å²) < 4.78 is 25.1. The van der Waals surface area contributed by atoms with Gasteiger partial charge in [-0.15, -0.1) is 0 Å². The molecule has 1 aromatic rings. The van der Waals surface area contributed by atoms with Crippen LogP contribution in [0.15, 0.2) is 24.3 Å². The molecular formula is C8H10N2O2S. The van der Waals surface area contributed by atoms with Crippen molar-refractivity contribution in [2.75, 3.05) is 22.3 Å². The first kappa shape index (κ1) is 8.37. The Morgan fingerprint density at radius 1 is 1.15 bits per heavy atom. The number of anilines is 2. The summed E-state index contributed by atoms with van der Waals surface area (Å²) in [6.45, 7) is 0.451. The van der Waals surface area contributed by atoms with Gasteiger partial charge in [0.1, 0.15) is 0 Å². The molecule has 0 unspecified atom stereocenters. The lowest BCUT2D eigenvalue weighted by atomic mass is 10.3. The second-order valence-electron chi connectivity index (χ2n) is 2.89. The Morgan fingerprint density at radius 3 is 2.62 bits per heavy atom. The van der Waals surface area contributed by atoms with Crippen molar-refractivity contribution < 1.29 is 8.42 Å².